The molecule has 0 spiro atoms. The second kappa shape index (κ2) is 7.41. The van der Waals surface area contributed by atoms with Gasteiger partial charge in [-0.25, -0.2) is 13.9 Å². The number of carboxylic acid groups (broad SMARTS) is 1. The van der Waals surface area contributed by atoms with Gasteiger partial charge < -0.3 is 5.11 Å². The zero-order chi connectivity index (χ0) is 19.8. The first-order valence-corrected chi connectivity index (χ1v) is 9.47. The molecular weight excluding hydrogens is 402 g/mol. The Kier molecular flexibility index (Phi) is 4.96. The zero-order valence-corrected chi connectivity index (χ0v) is 16.1. The van der Waals surface area contributed by atoms with Crippen LogP contribution in [0.1, 0.15) is 40.2 Å². The van der Waals surface area contributed by atoms with Crippen molar-refractivity contribution in [1.82, 2.24) is 9.78 Å². The Morgan fingerprint density at radius 3 is 2.57 bits per heavy atom. The van der Waals surface area contributed by atoms with E-state index in [4.69, 9.17) is 23.2 Å². The molecule has 28 heavy (non-hydrogen) atoms. The van der Waals surface area contributed by atoms with Gasteiger partial charge in [-0.05, 0) is 66.8 Å². The maximum Gasteiger partial charge on any atom is 0.356 e. The monoisotopic (exact) mass is 416 g/mol. The number of nitrogens with zero attached hydrogens (tertiary/aromatic N) is 2. The summed E-state index contributed by atoms with van der Waals surface area (Å²) in [7, 11) is 0. The normalized spacial score (nSPS) is 14.9. The predicted octanol–water partition coefficient (Wildman–Crippen LogP) is 5.89. The van der Waals surface area contributed by atoms with E-state index in [1.54, 1.807) is 35.0 Å². The second-order valence-electron chi connectivity index (χ2n) is 6.56. The van der Waals surface area contributed by atoms with Crippen molar-refractivity contribution in [3.05, 3.63) is 80.8 Å². The molecule has 4 nitrogen and oxygen atoms in total. The van der Waals surface area contributed by atoms with Crippen LogP contribution in [0.2, 0.25) is 10.0 Å². The maximum atomic E-state index is 13.2. The van der Waals surface area contributed by atoms with Gasteiger partial charge in [0.15, 0.2) is 5.69 Å². The molecule has 0 aliphatic heterocycles. The predicted molar refractivity (Wildman–Crippen MR) is 108 cm³/mol. The summed E-state index contributed by atoms with van der Waals surface area (Å²) in [5, 5.41) is 14.8. The summed E-state index contributed by atoms with van der Waals surface area (Å²) < 4.78 is 14.8. The molecular formula is C21H15Cl2FN2O2. The van der Waals surface area contributed by atoms with E-state index >= 15 is 0 Å². The van der Waals surface area contributed by atoms with Crippen LogP contribution in [0.25, 0.3) is 17.3 Å². The van der Waals surface area contributed by atoms with Crippen LogP contribution in [0.4, 0.5) is 4.39 Å². The Balaban J connectivity index is 1.94. The van der Waals surface area contributed by atoms with Gasteiger partial charge in [0.05, 0.1) is 16.4 Å². The average molecular weight is 417 g/mol. The molecule has 0 radical (unpaired) electrons. The van der Waals surface area contributed by atoms with Gasteiger partial charge >= 0.3 is 5.97 Å². The number of carboxylic acids is 1. The van der Waals surface area contributed by atoms with Crippen LogP contribution in [0.3, 0.4) is 0 Å². The van der Waals surface area contributed by atoms with Gasteiger partial charge in [-0.1, -0.05) is 35.3 Å². The molecule has 0 saturated heterocycles. The highest BCUT2D eigenvalue weighted by Crippen LogP contribution is 2.37. The van der Waals surface area contributed by atoms with Gasteiger partial charge in [0.2, 0.25) is 0 Å². The molecule has 0 fully saturated rings. The number of aromatic carboxylic acids is 1. The first-order valence-electron chi connectivity index (χ1n) is 8.71. The van der Waals surface area contributed by atoms with E-state index in [9.17, 15) is 14.3 Å². The third kappa shape index (κ3) is 3.43. The van der Waals surface area contributed by atoms with Gasteiger partial charge in [0, 0.05) is 10.6 Å². The molecule has 7 heteroatoms. The third-order valence-corrected chi connectivity index (χ3v) is 5.25. The van der Waals surface area contributed by atoms with Crippen molar-refractivity contribution in [2.45, 2.75) is 19.3 Å². The number of benzene rings is 2. The number of hydrogen-bond acceptors (Lipinski definition) is 2. The number of hydrogen-bond donors (Lipinski definition) is 1. The number of halogens is 3. The lowest BCUT2D eigenvalue weighted by Crippen LogP contribution is -2.08. The molecule has 0 bridgehead atoms. The van der Waals surface area contributed by atoms with Crippen LogP contribution < -0.4 is 0 Å². The van der Waals surface area contributed by atoms with Crippen LogP contribution in [-0.2, 0) is 6.42 Å². The lowest BCUT2D eigenvalue weighted by Gasteiger charge is -2.19. The van der Waals surface area contributed by atoms with Crippen molar-refractivity contribution in [2.24, 2.45) is 0 Å². The Labute approximate surface area is 170 Å². The summed E-state index contributed by atoms with van der Waals surface area (Å²) in [6.07, 6.45) is 4.11. The third-order valence-electron chi connectivity index (χ3n) is 4.71. The van der Waals surface area contributed by atoms with E-state index in [2.05, 4.69) is 5.10 Å². The van der Waals surface area contributed by atoms with E-state index < -0.39 is 5.97 Å². The molecule has 142 valence electrons. The lowest BCUT2D eigenvalue weighted by atomic mass is 9.90. The van der Waals surface area contributed by atoms with Crippen LogP contribution in [0.15, 0.2) is 42.5 Å². The number of carbonyl (C=O) groups is 1. The summed E-state index contributed by atoms with van der Waals surface area (Å²) in [6.45, 7) is 0. The Morgan fingerprint density at radius 1 is 1.14 bits per heavy atom. The average Bonchev–Trinajstić information content (AvgIpc) is 3.04. The van der Waals surface area contributed by atoms with Gasteiger partial charge in [-0.15, -0.1) is 0 Å². The number of rotatable bonds is 3. The zero-order valence-electron chi connectivity index (χ0n) is 14.6. The van der Waals surface area contributed by atoms with Crippen LogP contribution >= 0.6 is 23.2 Å². The SMILES string of the molecule is O=C(O)c1nn(-c2ccc(Cl)cc2Cl)c2c1CCC/C2=C/c1ccc(F)cc1. The second-order valence-corrected chi connectivity index (χ2v) is 7.41. The van der Waals surface area contributed by atoms with Crippen LogP contribution in [0, 0.1) is 5.82 Å². The molecule has 3 aromatic rings. The van der Waals surface area contributed by atoms with E-state index in [1.165, 1.54) is 12.1 Å². The highest BCUT2D eigenvalue weighted by Gasteiger charge is 2.28. The minimum Gasteiger partial charge on any atom is -0.476 e. The lowest BCUT2D eigenvalue weighted by molar-refractivity contribution is 0.0688. The Morgan fingerprint density at radius 2 is 1.89 bits per heavy atom. The number of aromatic nitrogens is 2. The van der Waals surface area contributed by atoms with Gasteiger partial charge in [-0.2, -0.15) is 5.10 Å². The van der Waals surface area contributed by atoms with Gasteiger partial charge in [0.1, 0.15) is 5.82 Å². The molecule has 0 unspecified atom stereocenters. The summed E-state index contributed by atoms with van der Waals surface area (Å²) in [5.74, 6) is -1.39. The Hall–Kier alpha value is -2.63. The largest absolute Gasteiger partial charge is 0.476 e. The summed E-state index contributed by atoms with van der Waals surface area (Å²) in [4.78, 5) is 11.8. The molecule has 0 atom stereocenters. The molecule has 0 amide bonds. The standard InChI is InChI=1S/C21H15Cl2FN2O2/c22-14-6-9-18(17(23)11-14)26-20-13(10-12-4-7-15(24)8-5-12)2-1-3-16(20)19(25-26)21(27)28/h4-11H,1-3H2,(H,27,28)/b13-10-. The van der Waals surface area contributed by atoms with Crippen LogP contribution in [-0.4, -0.2) is 20.9 Å². The summed E-state index contributed by atoms with van der Waals surface area (Å²) >= 11 is 12.4. The summed E-state index contributed by atoms with van der Waals surface area (Å²) in [5.41, 5.74) is 3.73. The molecule has 0 saturated carbocycles. The number of allylic oxidation sites excluding steroid dienone is 1. The van der Waals surface area contributed by atoms with Gasteiger partial charge in [0.25, 0.3) is 0 Å². The van der Waals surface area contributed by atoms with E-state index in [0.717, 1.165) is 29.7 Å². The van der Waals surface area contributed by atoms with E-state index in [0.29, 0.717) is 27.7 Å². The molecule has 1 N–H and O–H groups in total. The van der Waals surface area contributed by atoms with Crippen LogP contribution in [0.5, 0.6) is 0 Å². The van der Waals surface area contributed by atoms with E-state index in [1.807, 2.05) is 6.08 Å². The molecule has 1 heterocycles. The highest BCUT2D eigenvalue weighted by atomic mass is 35.5. The van der Waals surface area contributed by atoms with Crippen molar-refractivity contribution >= 4 is 40.8 Å². The van der Waals surface area contributed by atoms with Crippen molar-refractivity contribution < 1.29 is 14.3 Å². The first kappa shape index (κ1) is 18.7. The van der Waals surface area contributed by atoms with Crippen molar-refractivity contribution in [3.8, 4) is 5.69 Å². The highest BCUT2D eigenvalue weighted by molar-refractivity contribution is 6.35. The van der Waals surface area contributed by atoms with Crippen molar-refractivity contribution in [3.63, 3.8) is 0 Å². The molecule has 4 rings (SSSR count). The minimum atomic E-state index is -1.08. The fourth-order valence-electron chi connectivity index (χ4n) is 3.49. The van der Waals surface area contributed by atoms with Crippen molar-refractivity contribution in [2.75, 3.05) is 0 Å². The first-order chi connectivity index (χ1) is 13.4. The topological polar surface area (TPSA) is 55.1 Å². The molecule has 2 aromatic carbocycles. The number of fused-ring (bicyclic) bond motifs is 1. The smallest absolute Gasteiger partial charge is 0.356 e. The molecule has 1 aliphatic rings. The maximum absolute atomic E-state index is 13.2. The molecule has 1 aliphatic carbocycles. The van der Waals surface area contributed by atoms with E-state index in [-0.39, 0.29) is 11.5 Å². The molecule has 1 aromatic heterocycles. The Bertz CT molecular complexity index is 1100. The quantitative estimate of drug-likeness (QED) is 0.578. The van der Waals surface area contributed by atoms with Crippen molar-refractivity contribution in [1.29, 1.82) is 0 Å². The minimum absolute atomic E-state index is 0.0192. The fourth-order valence-corrected chi connectivity index (χ4v) is 3.98. The van der Waals surface area contributed by atoms with Gasteiger partial charge in [-0.3, -0.25) is 0 Å². The fraction of sp³-hybridized carbons (Fsp3) is 0.143. The summed E-state index contributed by atoms with van der Waals surface area (Å²) in [6, 6.07) is 11.2.